The van der Waals surface area contributed by atoms with Crippen LogP contribution >= 0.6 is 0 Å². The maximum absolute atomic E-state index is 12.3. The highest BCUT2D eigenvalue weighted by atomic mass is 16.5. The van der Waals surface area contributed by atoms with Crippen molar-refractivity contribution in [3.8, 4) is 0 Å². The Bertz CT molecular complexity index is 790. The van der Waals surface area contributed by atoms with Gasteiger partial charge in [-0.2, -0.15) is 5.10 Å². The van der Waals surface area contributed by atoms with Crippen LogP contribution in [0.4, 0.5) is 0 Å². The number of carbonyl (C=O) groups is 3. The van der Waals surface area contributed by atoms with Crippen LogP contribution in [0.5, 0.6) is 0 Å². The van der Waals surface area contributed by atoms with Crippen LogP contribution in [-0.2, 0) is 27.3 Å². The molecule has 0 atom stereocenters. The minimum absolute atomic E-state index is 0.0171. The molecule has 10 heteroatoms. The zero-order valence-corrected chi connectivity index (χ0v) is 17.3. The van der Waals surface area contributed by atoms with E-state index in [1.165, 1.54) is 0 Å². The zero-order valence-electron chi connectivity index (χ0n) is 17.3. The number of carboxylic acid groups (broad SMARTS) is 1. The van der Waals surface area contributed by atoms with Crippen molar-refractivity contribution in [1.29, 1.82) is 0 Å². The highest BCUT2D eigenvalue weighted by Crippen LogP contribution is 2.24. The summed E-state index contributed by atoms with van der Waals surface area (Å²) in [5.74, 6) is 0.802. The summed E-state index contributed by atoms with van der Waals surface area (Å²) < 4.78 is 6.90. The molecule has 0 spiro atoms. The van der Waals surface area contributed by atoms with Crippen molar-refractivity contribution in [2.45, 2.75) is 58.5 Å². The minimum atomic E-state index is -0.250. The first kappa shape index (κ1) is 23.1. The summed E-state index contributed by atoms with van der Waals surface area (Å²) in [5, 5.41) is 21.0. The maximum atomic E-state index is 12.3. The monoisotopic (exact) mass is 419 g/mol. The number of aromatic nitrogens is 3. The Morgan fingerprint density at radius 1 is 1.30 bits per heavy atom. The highest BCUT2D eigenvalue weighted by molar-refractivity contribution is 5.80. The van der Waals surface area contributed by atoms with E-state index in [4.69, 9.17) is 14.4 Å². The quantitative estimate of drug-likeness (QED) is 0.573. The molecule has 30 heavy (non-hydrogen) atoms. The summed E-state index contributed by atoms with van der Waals surface area (Å²) in [4.78, 5) is 32.9. The van der Waals surface area contributed by atoms with Crippen molar-refractivity contribution in [3.63, 3.8) is 0 Å². The first-order chi connectivity index (χ1) is 14.4. The number of hydrogen-bond donors (Lipinski definition) is 3. The van der Waals surface area contributed by atoms with Crippen molar-refractivity contribution in [2.75, 3.05) is 6.54 Å². The number of rotatable bonds is 7. The van der Waals surface area contributed by atoms with Gasteiger partial charge in [0.05, 0.1) is 18.7 Å². The molecule has 0 aromatic carbocycles. The van der Waals surface area contributed by atoms with Crippen LogP contribution in [0.2, 0.25) is 0 Å². The third kappa shape index (κ3) is 7.02. The van der Waals surface area contributed by atoms with Crippen LogP contribution in [0.1, 0.15) is 42.7 Å². The second kappa shape index (κ2) is 11.7. The molecule has 2 amide bonds. The third-order valence-electron chi connectivity index (χ3n) is 5.18. The lowest BCUT2D eigenvalue weighted by molar-refractivity contribution is -0.126. The molecular formula is C20H29N5O5. The maximum Gasteiger partial charge on any atom is 0.290 e. The topological polar surface area (TPSA) is 139 Å². The minimum Gasteiger partial charge on any atom is -0.483 e. The summed E-state index contributed by atoms with van der Waals surface area (Å²) >= 11 is 0. The van der Waals surface area contributed by atoms with Gasteiger partial charge in [0.1, 0.15) is 5.76 Å². The SMILES string of the molecule is Cc1noc(C)c1CC(=O)NC1CCC(C(=O)NCCn2cccn2)CC1.O=CO. The van der Waals surface area contributed by atoms with Gasteiger partial charge in [-0.3, -0.25) is 19.1 Å². The lowest BCUT2D eigenvalue weighted by Gasteiger charge is -2.28. The van der Waals surface area contributed by atoms with Crippen molar-refractivity contribution >= 4 is 18.3 Å². The van der Waals surface area contributed by atoms with E-state index in [9.17, 15) is 9.59 Å². The number of nitrogens with zero attached hydrogens (tertiary/aromatic N) is 3. The fourth-order valence-corrected chi connectivity index (χ4v) is 3.56. The number of hydrogen-bond acceptors (Lipinski definition) is 6. The normalized spacial score (nSPS) is 18.1. The second-order valence-corrected chi connectivity index (χ2v) is 7.26. The molecule has 1 saturated carbocycles. The molecule has 2 heterocycles. The Morgan fingerprint density at radius 3 is 2.57 bits per heavy atom. The van der Waals surface area contributed by atoms with Crippen LogP contribution in [0, 0.1) is 19.8 Å². The van der Waals surface area contributed by atoms with E-state index in [1.54, 1.807) is 10.9 Å². The Hall–Kier alpha value is -3.17. The van der Waals surface area contributed by atoms with Gasteiger partial charge in [0.15, 0.2) is 0 Å². The van der Waals surface area contributed by atoms with Crippen LogP contribution in [-0.4, -0.2) is 50.9 Å². The number of carbonyl (C=O) groups excluding carboxylic acids is 2. The molecule has 0 unspecified atom stereocenters. The van der Waals surface area contributed by atoms with Gasteiger partial charge in [-0.15, -0.1) is 0 Å². The summed E-state index contributed by atoms with van der Waals surface area (Å²) in [6.45, 7) is 4.66. The van der Waals surface area contributed by atoms with Gasteiger partial charge in [-0.05, 0) is 45.6 Å². The number of amides is 2. The van der Waals surface area contributed by atoms with E-state index < -0.39 is 0 Å². The van der Waals surface area contributed by atoms with Crippen LogP contribution in [0.15, 0.2) is 23.0 Å². The summed E-state index contributed by atoms with van der Waals surface area (Å²) in [6.07, 6.45) is 7.13. The van der Waals surface area contributed by atoms with E-state index in [0.717, 1.165) is 36.9 Å². The average molecular weight is 419 g/mol. The van der Waals surface area contributed by atoms with E-state index in [2.05, 4.69) is 20.9 Å². The molecule has 1 aliphatic rings. The molecule has 2 aromatic rings. The molecular weight excluding hydrogens is 390 g/mol. The molecule has 10 nitrogen and oxygen atoms in total. The van der Waals surface area contributed by atoms with Gasteiger partial charge >= 0.3 is 0 Å². The van der Waals surface area contributed by atoms with E-state index in [0.29, 0.717) is 18.8 Å². The Kier molecular flexibility index (Phi) is 9.04. The smallest absolute Gasteiger partial charge is 0.290 e. The summed E-state index contributed by atoms with van der Waals surface area (Å²) in [5.41, 5.74) is 1.62. The van der Waals surface area contributed by atoms with E-state index in [-0.39, 0.29) is 36.7 Å². The Labute approximate surface area is 175 Å². The largest absolute Gasteiger partial charge is 0.483 e. The van der Waals surface area contributed by atoms with E-state index >= 15 is 0 Å². The highest BCUT2D eigenvalue weighted by Gasteiger charge is 2.27. The summed E-state index contributed by atoms with van der Waals surface area (Å²) in [6, 6.07) is 1.99. The average Bonchev–Trinajstić information content (AvgIpc) is 3.34. The molecule has 0 bridgehead atoms. The van der Waals surface area contributed by atoms with Crippen molar-refractivity contribution < 1.29 is 24.0 Å². The fraction of sp³-hybridized carbons (Fsp3) is 0.550. The molecule has 164 valence electrons. The predicted octanol–water partition coefficient (Wildman–Crippen LogP) is 1.22. The first-order valence-electron chi connectivity index (χ1n) is 9.98. The molecule has 0 saturated heterocycles. The van der Waals surface area contributed by atoms with Gasteiger partial charge in [-0.1, -0.05) is 5.16 Å². The van der Waals surface area contributed by atoms with Gasteiger partial charge in [0, 0.05) is 36.5 Å². The zero-order chi connectivity index (χ0) is 21.9. The van der Waals surface area contributed by atoms with Crippen LogP contribution in [0.25, 0.3) is 0 Å². The van der Waals surface area contributed by atoms with Gasteiger partial charge < -0.3 is 20.3 Å². The number of nitrogens with one attached hydrogen (secondary N) is 2. The predicted molar refractivity (Wildman–Crippen MR) is 107 cm³/mol. The number of aryl methyl sites for hydroxylation is 2. The lowest BCUT2D eigenvalue weighted by atomic mass is 9.85. The van der Waals surface area contributed by atoms with Crippen molar-refractivity contribution in [2.24, 2.45) is 5.92 Å². The molecule has 1 fully saturated rings. The van der Waals surface area contributed by atoms with E-state index in [1.807, 2.05) is 26.1 Å². The van der Waals surface area contributed by atoms with Crippen molar-refractivity contribution in [1.82, 2.24) is 25.6 Å². The Balaban J connectivity index is 0.00000101. The van der Waals surface area contributed by atoms with Crippen molar-refractivity contribution in [3.05, 3.63) is 35.5 Å². The third-order valence-corrected chi connectivity index (χ3v) is 5.18. The molecule has 1 aliphatic carbocycles. The molecule has 0 aliphatic heterocycles. The van der Waals surface area contributed by atoms with Gasteiger partial charge in [0.25, 0.3) is 6.47 Å². The summed E-state index contributed by atoms with van der Waals surface area (Å²) in [7, 11) is 0. The fourth-order valence-electron chi connectivity index (χ4n) is 3.56. The molecule has 0 radical (unpaired) electrons. The second-order valence-electron chi connectivity index (χ2n) is 7.26. The standard InChI is InChI=1S/C19H27N5O3.CH2O2/c1-13-17(14(2)27-23-13)12-18(25)22-16-6-4-15(5-7-16)19(26)20-9-11-24-10-3-8-21-24;2-1-3/h3,8,10,15-16H,4-7,9,11-12H2,1-2H3,(H,20,26)(H,22,25);1H,(H,2,3). The van der Waals surface area contributed by atoms with Crippen LogP contribution < -0.4 is 10.6 Å². The van der Waals surface area contributed by atoms with Crippen LogP contribution in [0.3, 0.4) is 0 Å². The van der Waals surface area contributed by atoms with Gasteiger partial charge in [0.2, 0.25) is 11.8 Å². The van der Waals surface area contributed by atoms with Gasteiger partial charge in [-0.25, -0.2) is 0 Å². The molecule has 2 aromatic heterocycles. The molecule has 3 N–H and O–H groups in total. The first-order valence-corrected chi connectivity index (χ1v) is 9.98. The molecule has 3 rings (SSSR count). The Morgan fingerprint density at radius 2 is 2.00 bits per heavy atom. The lowest BCUT2D eigenvalue weighted by Crippen LogP contribution is -2.41.